The van der Waals surface area contributed by atoms with Crippen molar-refractivity contribution in [2.24, 2.45) is 5.92 Å². The zero-order valence-electron chi connectivity index (χ0n) is 17.3. The van der Waals surface area contributed by atoms with Gasteiger partial charge in [-0.2, -0.15) is 0 Å². The quantitative estimate of drug-likeness (QED) is 0.388. The summed E-state index contributed by atoms with van der Waals surface area (Å²) >= 11 is 1.89. The highest BCUT2D eigenvalue weighted by Gasteiger charge is 2.24. The number of aryl methyl sites for hydroxylation is 1. The Morgan fingerprint density at radius 3 is 2.80 bits per heavy atom. The number of rotatable bonds is 8. The number of aromatic nitrogens is 1. The molecule has 0 aliphatic carbocycles. The number of nitro groups is 1. The molecule has 1 fully saturated rings. The van der Waals surface area contributed by atoms with E-state index >= 15 is 0 Å². The molecule has 0 spiro atoms. The summed E-state index contributed by atoms with van der Waals surface area (Å²) in [5, 5.41) is 10.8. The number of hydrogen-bond acceptors (Lipinski definition) is 7. The molecule has 30 heavy (non-hydrogen) atoms. The zero-order valence-corrected chi connectivity index (χ0v) is 18.1. The Labute approximate surface area is 180 Å². The molecule has 1 saturated heterocycles. The van der Waals surface area contributed by atoms with E-state index in [1.807, 2.05) is 11.3 Å². The van der Waals surface area contributed by atoms with Crippen molar-refractivity contribution in [1.82, 2.24) is 14.8 Å². The molecule has 0 N–H and O–H groups in total. The summed E-state index contributed by atoms with van der Waals surface area (Å²) in [7, 11) is 2.12. The van der Waals surface area contributed by atoms with Crippen molar-refractivity contribution in [3.8, 4) is 11.5 Å². The maximum absolute atomic E-state index is 10.8. The Hall–Kier alpha value is -2.55. The monoisotopic (exact) mass is 426 g/mol. The van der Waals surface area contributed by atoms with Gasteiger partial charge in [-0.25, -0.2) is 4.98 Å². The fourth-order valence-electron chi connectivity index (χ4n) is 4.02. The lowest BCUT2D eigenvalue weighted by Gasteiger charge is -2.20. The first kappa shape index (κ1) is 20.7. The first-order chi connectivity index (χ1) is 14.5. The van der Waals surface area contributed by atoms with Gasteiger partial charge in [0.2, 0.25) is 5.89 Å². The van der Waals surface area contributed by atoms with Gasteiger partial charge in [0.15, 0.2) is 0 Å². The maximum atomic E-state index is 10.8. The molecular formula is C22H26N4O3S. The summed E-state index contributed by atoms with van der Waals surface area (Å²) < 4.78 is 5.59. The summed E-state index contributed by atoms with van der Waals surface area (Å²) in [6.07, 6.45) is 2.90. The highest BCUT2D eigenvalue weighted by atomic mass is 32.1. The van der Waals surface area contributed by atoms with E-state index in [4.69, 9.17) is 4.42 Å². The molecule has 0 radical (unpaired) electrons. The summed E-state index contributed by atoms with van der Waals surface area (Å²) in [6.45, 7) is 7.25. The second-order valence-electron chi connectivity index (χ2n) is 8.05. The number of likely N-dealkylation sites (tertiary alicyclic amines) is 1. The molecule has 158 valence electrons. The van der Waals surface area contributed by atoms with Crippen LogP contribution in [-0.2, 0) is 13.1 Å². The van der Waals surface area contributed by atoms with Crippen LogP contribution in [-0.4, -0.2) is 46.4 Å². The van der Waals surface area contributed by atoms with Gasteiger partial charge in [-0.3, -0.25) is 15.0 Å². The molecule has 0 amide bonds. The number of hydrogen-bond donors (Lipinski definition) is 0. The summed E-state index contributed by atoms with van der Waals surface area (Å²) in [6, 6.07) is 10.7. The van der Waals surface area contributed by atoms with Crippen LogP contribution >= 0.6 is 11.3 Å². The van der Waals surface area contributed by atoms with Gasteiger partial charge in [-0.15, -0.1) is 11.3 Å². The molecule has 8 heteroatoms. The van der Waals surface area contributed by atoms with E-state index in [2.05, 4.69) is 40.9 Å². The standard InChI is InChI=1S/C22H26N4O3S/c1-16-3-8-21(30-16)14-25-10-9-17(12-25)11-24(2)13-19-15-29-22(23-19)18-4-6-20(7-5-18)26(27)28/h3-8,15,17H,9-14H2,1-2H3/t17-/m0/s1. The van der Waals surface area contributed by atoms with Crippen molar-refractivity contribution in [1.29, 1.82) is 0 Å². The van der Waals surface area contributed by atoms with Crippen molar-refractivity contribution < 1.29 is 9.34 Å². The molecule has 7 nitrogen and oxygen atoms in total. The van der Waals surface area contributed by atoms with Crippen molar-refractivity contribution in [2.45, 2.75) is 26.4 Å². The number of oxazole rings is 1. The van der Waals surface area contributed by atoms with Gasteiger partial charge < -0.3 is 9.32 Å². The number of nitro benzene ring substituents is 1. The van der Waals surface area contributed by atoms with E-state index in [-0.39, 0.29) is 5.69 Å². The summed E-state index contributed by atoms with van der Waals surface area (Å²) in [5.41, 5.74) is 1.67. The second-order valence-corrected chi connectivity index (χ2v) is 9.42. The number of nitrogens with zero attached hydrogens (tertiary/aromatic N) is 4. The Morgan fingerprint density at radius 2 is 2.10 bits per heavy atom. The number of thiophene rings is 1. The van der Waals surface area contributed by atoms with Gasteiger partial charge in [-0.1, -0.05) is 0 Å². The molecule has 0 bridgehead atoms. The molecule has 0 unspecified atom stereocenters. The van der Waals surface area contributed by atoms with Gasteiger partial charge in [-0.05, 0) is 57.1 Å². The van der Waals surface area contributed by atoms with E-state index in [1.54, 1.807) is 18.4 Å². The van der Waals surface area contributed by atoms with Gasteiger partial charge in [0, 0.05) is 53.6 Å². The Morgan fingerprint density at radius 1 is 1.30 bits per heavy atom. The SMILES string of the molecule is Cc1ccc(CN2CC[C@@H](CN(C)Cc3coc(-c4ccc([N+](=O)[O-])cc4)n3)C2)s1. The first-order valence-corrected chi connectivity index (χ1v) is 10.9. The van der Waals surface area contributed by atoms with Crippen LogP contribution in [0.1, 0.15) is 21.9 Å². The minimum atomic E-state index is -0.411. The van der Waals surface area contributed by atoms with Crippen molar-refractivity contribution in [3.63, 3.8) is 0 Å². The average Bonchev–Trinajstić information content (AvgIpc) is 3.45. The van der Waals surface area contributed by atoms with E-state index in [1.165, 1.54) is 28.3 Å². The molecule has 1 aromatic carbocycles. The lowest BCUT2D eigenvalue weighted by Crippen LogP contribution is -2.28. The van der Waals surface area contributed by atoms with E-state index < -0.39 is 4.92 Å². The smallest absolute Gasteiger partial charge is 0.269 e. The Balaban J connectivity index is 1.27. The molecule has 1 aliphatic heterocycles. The summed E-state index contributed by atoms with van der Waals surface area (Å²) in [4.78, 5) is 22.6. The lowest BCUT2D eigenvalue weighted by atomic mass is 10.1. The van der Waals surface area contributed by atoms with E-state index in [0.29, 0.717) is 11.8 Å². The van der Waals surface area contributed by atoms with E-state index in [0.717, 1.165) is 44.0 Å². The Kier molecular flexibility index (Phi) is 6.26. The van der Waals surface area contributed by atoms with Crippen LogP contribution in [0.25, 0.3) is 11.5 Å². The molecule has 1 aliphatic rings. The Bertz CT molecular complexity index is 998. The number of non-ortho nitro benzene ring substituents is 1. The average molecular weight is 427 g/mol. The van der Waals surface area contributed by atoms with Crippen LogP contribution in [0.5, 0.6) is 0 Å². The van der Waals surface area contributed by atoms with Crippen LogP contribution < -0.4 is 0 Å². The van der Waals surface area contributed by atoms with Gasteiger partial charge in [0.1, 0.15) is 6.26 Å². The minimum Gasteiger partial charge on any atom is -0.444 e. The zero-order chi connectivity index (χ0) is 21.1. The third kappa shape index (κ3) is 5.13. The predicted octanol–water partition coefficient (Wildman–Crippen LogP) is 4.57. The highest BCUT2D eigenvalue weighted by Crippen LogP contribution is 2.24. The van der Waals surface area contributed by atoms with Gasteiger partial charge in [0.25, 0.3) is 5.69 Å². The first-order valence-electron chi connectivity index (χ1n) is 10.1. The molecule has 3 heterocycles. The molecule has 4 rings (SSSR count). The van der Waals surface area contributed by atoms with Crippen LogP contribution in [0.3, 0.4) is 0 Å². The van der Waals surface area contributed by atoms with Crippen LogP contribution in [0.2, 0.25) is 0 Å². The molecule has 3 aromatic rings. The third-order valence-corrected chi connectivity index (χ3v) is 6.41. The molecule has 1 atom stereocenters. The topological polar surface area (TPSA) is 75.7 Å². The lowest BCUT2D eigenvalue weighted by molar-refractivity contribution is -0.384. The normalized spacial score (nSPS) is 17.1. The fourth-order valence-corrected chi connectivity index (χ4v) is 4.95. The fraction of sp³-hybridized carbons (Fsp3) is 0.409. The molecule has 0 saturated carbocycles. The molecular weight excluding hydrogens is 400 g/mol. The van der Waals surface area contributed by atoms with Crippen LogP contribution in [0.4, 0.5) is 5.69 Å². The van der Waals surface area contributed by atoms with Gasteiger partial charge in [0.05, 0.1) is 10.6 Å². The summed E-state index contributed by atoms with van der Waals surface area (Å²) in [5.74, 6) is 1.16. The minimum absolute atomic E-state index is 0.0603. The highest BCUT2D eigenvalue weighted by molar-refractivity contribution is 7.11. The van der Waals surface area contributed by atoms with Crippen molar-refractivity contribution in [3.05, 3.63) is 68.2 Å². The van der Waals surface area contributed by atoms with Crippen LogP contribution in [0.15, 0.2) is 47.1 Å². The second kappa shape index (κ2) is 9.07. The van der Waals surface area contributed by atoms with Crippen molar-refractivity contribution in [2.75, 3.05) is 26.7 Å². The largest absolute Gasteiger partial charge is 0.444 e. The van der Waals surface area contributed by atoms with E-state index in [9.17, 15) is 10.1 Å². The maximum Gasteiger partial charge on any atom is 0.269 e. The van der Waals surface area contributed by atoms with Gasteiger partial charge >= 0.3 is 0 Å². The molecule has 2 aromatic heterocycles. The predicted molar refractivity (Wildman–Crippen MR) is 117 cm³/mol. The van der Waals surface area contributed by atoms with Crippen LogP contribution in [0, 0.1) is 23.0 Å². The number of benzene rings is 1. The van der Waals surface area contributed by atoms with Crippen molar-refractivity contribution >= 4 is 17.0 Å². The third-order valence-electron chi connectivity index (χ3n) is 5.42.